The number of hydrogen-bond acceptors (Lipinski definition) is 6. The number of nitrogens with one attached hydrogen (secondary N) is 1. The molecule has 1 saturated heterocycles. The van der Waals surface area contributed by atoms with E-state index >= 15 is 0 Å². The molecular formula is C4H15AlN2O7P2. The average Bonchev–Trinajstić information content (AvgIpc) is 1.99. The third-order valence-corrected chi connectivity index (χ3v) is 3.62. The monoisotopic (exact) mass is 292 g/mol. The molecule has 1 aliphatic rings. The number of rotatable bonds is 4. The molecule has 0 aromatic heterocycles. The van der Waals surface area contributed by atoms with Crippen molar-refractivity contribution in [3.63, 3.8) is 0 Å². The van der Waals surface area contributed by atoms with Crippen molar-refractivity contribution in [3.8, 4) is 0 Å². The molecule has 1 aliphatic heterocycles. The van der Waals surface area contributed by atoms with Gasteiger partial charge in [0.25, 0.3) is 0 Å². The van der Waals surface area contributed by atoms with Crippen LogP contribution in [0.1, 0.15) is 0 Å². The molecule has 0 amide bonds. The maximum absolute atomic E-state index is 11.1. The van der Waals surface area contributed by atoms with Gasteiger partial charge in [-0.3, -0.25) is 0 Å². The minimum Gasteiger partial charge on any atom is -0.314 e. The summed E-state index contributed by atoms with van der Waals surface area (Å²) in [6, 6.07) is 0. The van der Waals surface area contributed by atoms with Gasteiger partial charge in [-0.15, -0.1) is 0 Å². The van der Waals surface area contributed by atoms with Crippen LogP contribution in [0.2, 0.25) is 0 Å². The summed E-state index contributed by atoms with van der Waals surface area (Å²) in [6.45, 7) is 1.76. The summed E-state index contributed by atoms with van der Waals surface area (Å²) in [5.41, 5.74) is 0. The molecule has 1 heterocycles. The summed E-state index contributed by atoms with van der Waals surface area (Å²) in [6.07, 6.45) is 0. The molecule has 1 rings (SSSR count). The van der Waals surface area contributed by atoms with Gasteiger partial charge in [-0.25, -0.2) is 9.13 Å². The fourth-order valence-corrected chi connectivity index (χ4v) is 2.67. The quantitative estimate of drug-likeness (QED) is 0.338. The van der Waals surface area contributed by atoms with E-state index in [4.69, 9.17) is 14.7 Å². The molecule has 96 valence electrons. The van der Waals surface area contributed by atoms with Crippen molar-refractivity contribution < 1.29 is 32.7 Å². The Kier molecular flexibility index (Phi) is 6.89. The molecule has 0 aromatic rings. The highest BCUT2D eigenvalue weighted by Crippen LogP contribution is 2.57. The Morgan fingerprint density at radius 1 is 1.12 bits per heavy atom. The molecule has 0 aliphatic carbocycles. The topological polar surface area (TPSA) is 129 Å². The molecule has 1 unspecified atom stereocenters. The molecule has 1 fully saturated rings. The van der Waals surface area contributed by atoms with Gasteiger partial charge in [0.1, 0.15) is 0 Å². The van der Waals surface area contributed by atoms with Gasteiger partial charge in [-0.05, 0) is 0 Å². The van der Waals surface area contributed by atoms with E-state index in [1.165, 1.54) is 0 Å². The minimum absolute atomic E-state index is 0. The van der Waals surface area contributed by atoms with E-state index < -0.39 is 15.6 Å². The molecule has 9 nitrogen and oxygen atoms in total. The lowest BCUT2D eigenvalue weighted by Gasteiger charge is -2.27. The van der Waals surface area contributed by atoms with Crippen LogP contribution in [0.5, 0.6) is 0 Å². The number of phosphoric acid groups is 2. The minimum atomic E-state index is -5.04. The van der Waals surface area contributed by atoms with Crippen molar-refractivity contribution in [2.24, 2.45) is 0 Å². The van der Waals surface area contributed by atoms with Crippen molar-refractivity contribution in [2.45, 2.75) is 0 Å². The summed E-state index contributed by atoms with van der Waals surface area (Å²) in [4.78, 5) is 25.6. The normalized spacial score (nSPS) is 22.2. The van der Waals surface area contributed by atoms with Crippen molar-refractivity contribution in [1.29, 1.82) is 0 Å². The molecule has 4 N–H and O–H groups in total. The zero-order chi connectivity index (χ0) is 11.5. The van der Waals surface area contributed by atoms with E-state index in [0.29, 0.717) is 26.2 Å². The first-order valence-corrected chi connectivity index (χ1v) is 7.06. The Labute approximate surface area is 103 Å². The lowest BCUT2D eigenvalue weighted by Crippen LogP contribution is -2.42. The lowest BCUT2D eigenvalue weighted by molar-refractivity contribution is -0.0870. The lowest BCUT2D eigenvalue weighted by atomic mass is 10.4. The highest BCUT2D eigenvalue weighted by Gasteiger charge is 2.35. The second-order valence-electron chi connectivity index (χ2n) is 2.80. The van der Waals surface area contributed by atoms with E-state index in [1.807, 2.05) is 0 Å². The van der Waals surface area contributed by atoms with Gasteiger partial charge in [-0.1, -0.05) is 0 Å². The van der Waals surface area contributed by atoms with E-state index in [-0.39, 0.29) is 17.4 Å². The van der Waals surface area contributed by atoms with E-state index in [9.17, 15) is 9.13 Å². The third-order valence-electron chi connectivity index (χ3n) is 1.50. The van der Waals surface area contributed by atoms with E-state index in [1.54, 1.807) is 0 Å². The molecule has 0 spiro atoms. The highest BCUT2D eigenvalue weighted by molar-refractivity contribution is 7.60. The first kappa shape index (κ1) is 16.7. The van der Waals surface area contributed by atoms with Gasteiger partial charge < -0.3 is 20.0 Å². The smallest absolute Gasteiger partial charge is 0.314 e. The largest absolute Gasteiger partial charge is 0.497 e. The fourth-order valence-electron chi connectivity index (χ4n) is 1.02. The Hall–Kier alpha value is 0.712. The van der Waals surface area contributed by atoms with Crippen molar-refractivity contribution in [3.05, 3.63) is 0 Å². The maximum atomic E-state index is 11.1. The van der Waals surface area contributed by atoms with Crippen LogP contribution in [0.4, 0.5) is 0 Å². The molecule has 12 heteroatoms. The zero-order valence-electron chi connectivity index (χ0n) is 7.64. The summed E-state index contributed by atoms with van der Waals surface area (Å²) in [5.74, 6) is 0. The zero-order valence-corrected chi connectivity index (χ0v) is 9.43. The van der Waals surface area contributed by atoms with E-state index in [0.717, 1.165) is 5.06 Å². The second-order valence-corrected chi connectivity index (χ2v) is 5.54. The third kappa shape index (κ3) is 7.12. The first-order chi connectivity index (χ1) is 6.79. The number of nitrogens with zero attached hydrogens (tertiary/aromatic N) is 1. The molecule has 1 atom stereocenters. The standard InChI is InChI=1S/C4H12N2O7P2.Al.3H/c7-14(8,9)13-15(10,11)12-6-3-1-5-2-4-6;;;;/h5H,1-4H2,(H,10,11)(H2,7,8,9);;;;. The van der Waals surface area contributed by atoms with Gasteiger partial charge in [0, 0.05) is 26.2 Å². The van der Waals surface area contributed by atoms with Crippen LogP contribution in [0.25, 0.3) is 0 Å². The van der Waals surface area contributed by atoms with Crippen LogP contribution >= 0.6 is 15.6 Å². The summed E-state index contributed by atoms with van der Waals surface area (Å²) >= 11 is 0. The van der Waals surface area contributed by atoms with Crippen molar-refractivity contribution >= 4 is 33.0 Å². The Morgan fingerprint density at radius 3 is 2.06 bits per heavy atom. The van der Waals surface area contributed by atoms with Crippen LogP contribution in [-0.2, 0) is 18.1 Å². The van der Waals surface area contributed by atoms with Crippen LogP contribution in [0.15, 0.2) is 0 Å². The van der Waals surface area contributed by atoms with Gasteiger partial charge in [0.05, 0.1) is 0 Å². The van der Waals surface area contributed by atoms with Crippen LogP contribution in [0.3, 0.4) is 0 Å². The molecule has 0 radical (unpaired) electrons. The highest BCUT2D eigenvalue weighted by atomic mass is 31.3. The Bertz CT molecular complexity index is 303. The predicted molar refractivity (Wildman–Crippen MR) is 58.4 cm³/mol. The first-order valence-electron chi connectivity index (χ1n) is 4.04. The molecular weight excluding hydrogens is 277 g/mol. The molecule has 0 aromatic carbocycles. The molecule has 16 heavy (non-hydrogen) atoms. The summed E-state index contributed by atoms with van der Waals surface area (Å²) < 4.78 is 29.4. The summed E-state index contributed by atoms with van der Waals surface area (Å²) in [5, 5.41) is 4.08. The summed E-state index contributed by atoms with van der Waals surface area (Å²) in [7, 11) is -9.78. The van der Waals surface area contributed by atoms with Crippen molar-refractivity contribution in [2.75, 3.05) is 26.2 Å². The fraction of sp³-hybridized carbons (Fsp3) is 1.00. The van der Waals surface area contributed by atoms with Gasteiger partial charge in [0.2, 0.25) is 0 Å². The van der Waals surface area contributed by atoms with Crippen LogP contribution < -0.4 is 5.32 Å². The number of piperazine rings is 1. The van der Waals surface area contributed by atoms with Crippen molar-refractivity contribution in [1.82, 2.24) is 10.4 Å². The Balaban J connectivity index is 0.00000225. The maximum Gasteiger partial charge on any atom is 0.497 e. The second kappa shape index (κ2) is 6.59. The number of hydroxylamine groups is 2. The van der Waals surface area contributed by atoms with Crippen LogP contribution in [0, 0.1) is 0 Å². The van der Waals surface area contributed by atoms with Gasteiger partial charge >= 0.3 is 15.6 Å². The average molecular weight is 292 g/mol. The molecule has 0 bridgehead atoms. The molecule has 0 saturated carbocycles. The van der Waals surface area contributed by atoms with E-state index in [2.05, 4.69) is 14.3 Å². The SMILES string of the molecule is O=P(O)(O)OP(=O)(O)ON1CCNCC1.[AlH3]. The van der Waals surface area contributed by atoms with Crippen LogP contribution in [-0.4, -0.2) is 63.3 Å². The number of hydrogen-bond donors (Lipinski definition) is 4. The van der Waals surface area contributed by atoms with Gasteiger partial charge in [-0.2, -0.15) is 14.0 Å². The van der Waals surface area contributed by atoms with Gasteiger partial charge in [0.15, 0.2) is 17.4 Å². The predicted octanol–water partition coefficient (Wildman–Crippen LogP) is -2.15. The Morgan fingerprint density at radius 2 is 1.62 bits per heavy atom.